The van der Waals surface area contributed by atoms with Gasteiger partial charge in [-0.2, -0.15) is 5.26 Å². The minimum atomic E-state index is -0.425. The molecule has 1 aliphatic rings. The molecule has 9 heteroatoms. The molecule has 1 aliphatic heterocycles. The van der Waals surface area contributed by atoms with E-state index in [9.17, 15) is 14.9 Å². The highest BCUT2D eigenvalue weighted by Gasteiger charge is 2.25. The molecular formula is C23H20N4O5. The number of furan rings is 1. The van der Waals surface area contributed by atoms with E-state index in [1.165, 1.54) is 12.1 Å². The first-order valence-corrected chi connectivity index (χ1v) is 10.0. The van der Waals surface area contributed by atoms with Crippen LogP contribution < -0.4 is 9.64 Å². The lowest BCUT2D eigenvalue weighted by Crippen LogP contribution is -2.48. The number of hydrogen-bond donors (Lipinski definition) is 0. The van der Waals surface area contributed by atoms with Gasteiger partial charge in [-0.1, -0.05) is 12.1 Å². The number of nitro benzene ring substituents is 1. The number of ether oxygens (including phenoxy) is 1. The van der Waals surface area contributed by atoms with Crippen LogP contribution >= 0.6 is 0 Å². The van der Waals surface area contributed by atoms with Crippen molar-refractivity contribution >= 4 is 17.3 Å². The van der Waals surface area contributed by atoms with Crippen molar-refractivity contribution in [3.05, 3.63) is 87.9 Å². The molecule has 1 fully saturated rings. The Balaban J connectivity index is 1.32. The monoisotopic (exact) mass is 432 g/mol. The molecule has 1 amide bonds. The molecule has 0 spiro atoms. The third-order valence-electron chi connectivity index (χ3n) is 5.24. The molecule has 32 heavy (non-hydrogen) atoms. The highest BCUT2D eigenvalue weighted by atomic mass is 16.6. The number of non-ortho nitro benzene ring substituents is 1. The molecule has 1 saturated heterocycles. The van der Waals surface area contributed by atoms with E-state index >= 15 is 0 Å². The molecule has 2 aromatic carbocycles. The van der Waals surface area contributed by atoms with Crippen LogP contribution in [0.15, 0.2) is 65.1 Å². The smallest absolute Gasteiger partial charge is 0.289 e. The highest BCUT2D eigenvalue weighted by molar-refractivity contribution is 5.91. The predicted molar refractivity (Wildman–Crippen MR) is 115 cm³/mol. The molecule has 4 rings (SSSR count). The number of carbonyl (C=O) groups is 1. The zero-order valence-corrected chi connectivity index (χ0v) is 17.1. The van der Waals surface area contributed by atoms with Gasteiger partial charge in [-0.05, 0) is 36.4 Å². The van der Waals surface area contributed by atoms with E-state index < -0.39 is 4.92 Å². The maximum absolute atomic E-state index is 12.8. The summed E-state index contributed by atoms with van der Waals surface area (Å²) in [6, 6.07) is 18.7. The number of benzene rings is 2. The first-order chi connectivity index (χ1) is 15.5. The Labute approximate surface area is 184 Å². The SMILES string of the molecule is N#Cc1ccccc1OCc1ccc(C(=O)N2CCN(c3ccc([N+](=O)[O-])cc3)CC2)o1. The van der Waals surface area contributed by atoms with Crippen LogP contribution in [0, 0.1) is 21.4 Å². The quantitative estimate of drug-likeness (QED) is 0.432. The second-order valence-corrected chi connectivity index (χ2v) is 7.22. The third-order valence-corrected chi connectivity index (χ3v) is 5.24. The van der Waals surface area contributed by atoms with Crippen molar-refractivity contribution in [3.8, 4) is 11.8 Å². The normalized spacial score (nSPS) is 13.5. The average Bonchev–Trinajstić information content (AvgIpc) is 3.31. The van der Waals surface area contributed by atoms with Crippen LogP contribution in [-0.2, 0) is 6.61 Å². The summed E-state index contributed by atoms with van der Waals surface area (Å²) in [5.74, 6) is 0.991. The Bertz CT molecular complexity index is 1160. The molecule has 0 atom stereocenters. The van der Waals surface area contributed by atoms with Crippen molar-refractivity contribution < 1.29 is 18.9 Å². The molecule has 0 aliphatic carbocycles. The van der Waals surface area contributed by atoms with Gasteiger partial charge in [0.25, 0.3) is 11.6 Å². The van der Waals surface area contributed by atoms with Crippen LogP contribution in [0.25, 0.3) is 0 Å². The zero-order valence-electron chi connectivity index (χ0n) is 17.1. The number of hydrogen-bond acceptors (Lipinski definition) is 7. The van der Waals surface area contributed by atoms with Crippen LogP contribution in [-0.4, -0.2) is 41.9 Å². The fourth-order valence-electron chi connectivity index (χ4n) is 3.51. The maximum atomic E-state index is 12.8. The van der Waals surface area contributed by atoms with Crippen molar-refractivity contribution in [1.82, 2.24) is 4.90 Å². The topological polar surface area (TPSA) is 113 Å². The maximum Gasteiger partial charge on any atom is 0.289 e. The largest absolute Gasteiger partial charge is 0.484 e. The molecule has 0 N–H and O–H groups in total. The second kappa shape index (κ2) is 9.22. The van der Waals surface area contributed by atoms with E-state index in [1.54, 1.807) is 53.4 Å². The fraction of sp³-hybridized carbons (Fsp3) is 0.217. The van der Waals surface area contributed by atoms with E-state index in [0.29, 0.717) is 43.3 Å². The van der Waals surface area contributed by atoms with Crippen molar-refractivity contribution in [2.24, 2.45) is 0 Å². The van der Waals surface area contributed by atoms with Crippen LogP contribution in [0.5, 0.6) is 5.75 Å². The number of piperazine rings is 1. The number of rotatable bonds is 6. The summed E-state index contributed by atoms with van der Waals surface area (Å²) in [4.78, 5) is 27.0. The van der Waals surface area contributed by atoms with Crippen LogP contribution in [0.4, 0.5) is 11.4 Å². The van der Waals surface area contributed by atoms with Crippen molar-refractivity contribution in [2.75, 3.05) is 31.1 Å². The lowest BCUT2D eigenvalue weighted by molar-refractivity contribution is -0.384. The summed E-state index contributed by atoms with van der Waals surface area (Å²) in [7, 11) is 0. The predicted octanol–water partition coefficient (Wildman–Crippen LogP) is 3.60. The first-order valence-electron chi connectivity index (χ1n) is 10.0. The molecule has 1 aromatic heterocycles. The summed E-state index contributed by atoms with van der Waals surface area (Å²) >= 11 is 0. The Morgan fingerprint density at radius 2 is 1.78 bits per heavy atom. The van der Waals surface area contributed by atoms with Crippen LogP contribution in [0.3, 0.4) is 0 Å². The zero-order chi connectivity index (χ0) is 22.5. The molecular weight excluding hydrogens is 412 g/mol. The van der Waals surface area contributed by atoms with Gasteiger partial charge in [-0.25, -0.2) is 0 Å². The fourth-order valence-corrected chi connectivity index (χ4v) is 3.51. The van der Waals surface area contributed by atoms with Gasteiger partial charge in [-0.3, -0.25) is 14.9 Å². The summed E-state index contributed by atoms with van der Waals surface area (Å²) in [6.45, 7) is 2.37. The number of nitriles is 1. The minimum absolute atomic E-state index is 0.0521. The molecule has 0 bridgehead atoms. The Kier molecular flexibility index (Phi) is 6.03. The standard InChI is InChI=1S/C23H20N4O5/c24-15-17-3-1-2-4-21(17)31-16-20-9-10-22(32-20)23(28)26-13-11-25(12-14-26)18-5-7-19(8-6-18)27(29)30/h1-10H,11-14,16H2. The molecule has 9 nitrogen and oxygen atoms in total. The van der Waals surface area contributed by atoms with Gasteiger partial charge in [0.2, 0.25) is 0 Å². The van der Waals surface area contributed by atoms with E-state index in [0.717, 1.165) is 5.69 Å². The van der Waals surface area contributed by atoms with Gasteiger partial charge in [-0.15, -0.1) is 0 Å². The first kappa shape index (κ1) is 20.9. The number of anilines is 1. The van der Waals surface area contributed by atoms with Gasteiger partial charge in [0, 0.05) is 44.0 Å². The number of para-hydroxylation sites is 1. The van der Waals surface area contributed by atoms with Crippen molar-refractivity contribution in [3.63, 3.8) is 0 Å². The van der Waals surface area contributed by atoms with Crippen LogP contribution in [0.1, 0.15) is 21.9 Å². The summed E-state index contributed by atoms with van der Waals surface area (Å²) in [5.41, 5.74) is 1.37. The molecule has 2 heterocycles. The summed E-state index contributed by atoms with van der Waals surface area (Å²) < 4.78 is 11.3. The van der Waals surface area contributed by atoms with E-state index in [2.05, 4.69) is 11.0 Å². The Hall–Kier alpha value is -4.32. The van der Waals surface area contributed by atoms with E-state index in [4.69, 9.17) is 14.4 Å². The van der Waals surface area contributed by atoms with Crippen molar-refractivity contribution in [2.45, 2.75) is 6.61 Å². The molecule has 162 valence electrons. The highest BCUT2D eigenvalue weighted by Crippen LogP contribution is 2.22. The average molecular weight is 432 g/mol. The van der Waals surface area contributed by atoms with Gasteiger partial charge in [0.1, 0.15) is 24.2 Å². The molecule has 0 saturated carbocycles. The molecule has 0 unspecified atom stereocenters. The number of nitro groups is 1. The molecule has 3 aromatic rings. The van der Waals surface area contributed by atoms with Gasteiger partial charge in [0.05, 0.1) is 10.5 Å². The number of carbonyl (C=O) groups excluding carboxylic acids is 1. The minimum Gasteiger partial charge on any atom is -0.484 e. The van der Waals surface area contributed by atoms with Crippen LogP contribution in [0.2, 0.25) is 0 Å². The van der Waals surface area contributed by atoms with Crippen molar-refractivity contribution in [1.29, 1.82) is 5.26 Å². The molecule has 0 radical (unpaired) electrons. The number of nitrogens with zero attached hydrogens (tertiary/aromatic N) is 4. The summed E-state index contributed by atoms with van der Waals surface area (Å²) in [5, 5.41) is 19.9. The van der Waals surface area contributed by atoms with E-state index in [1.807, 2.05) is 0 Å². The second-order valence-electron chi connectivity index (χ2n) is 7.22. The lowest BCUT2D eigenvalue weighted by atomic mass is 10.2. The lowest BCUT2D eigenvalue weighted by Gasteiger charge is -2.35. The third kappa shape index (κ3) is 4.54. The van der Waals surface area contributed by atoms with Gasteiger partial charge < -0.3 is 19.0 Å². The summed E-state index contributed by atoms with van der Waals surface area (Å²) in [6.07, 6.45) is 0. The Morgan fingerprint density at radius 3 is 2.47 bits per heavy atom. The van der Waals surface area contributed by atoms with E-state index in [-0.39, 0.29) is 24.0 Å². The Morgan fingerprint density at radius 1 is 1.06 bits per heavy atom. The number of amides is 1. The van der Waals surface area contributed by atoms with Gasteiger partial charge >= 0.3 is 0 Å². The van der Waals surface area contributed by atoms with Gasteiger partial charge in [0.15, 0.2) is 5.76 Å².